The fourth-order valence-corrected chi connectivity index (χ4v) is 1.55. The van der Waals surface area contributed by atoms with Crippen LogP contribution < -0.4 is 5.32 Å². The van der Waals surface area contributed by atoms with E-state index in [0.29, 0.717) is 25.7 Å². The highest BCUT2D eigenvalue weighted by Crippen LogP contribution is 1.98. The number of nitrogens with zero attached hydrogens (tertiary/aromatic N) is 1. The van der Waals surface area contributed by atoms with E-state index < -0.39 is 6.10 Å². The third-order valence-electron chi connectivity index (χ3n) is 2.36. The molecule has 2 N–H and O–H groups in total. The quantitative estimate of drug-likeness (QED) is 0.716. The minimum atomic E-state index is -0.433. The highest BCUT2D eigenvalue weighted by atomic mass is 16.5. The summed E-state index contributed by atoms with van der Waals surface area (Å²) in [6.45, 7) is 6.64. The van der Waals surface area contributed by atoms with E-state index in [1.165, 1.54) is 5.56 Å². The number of aliphatic hydroxyl groups excluding tert-OH is 1. The maximum Gasteiger partial charge on any atom is 0.0897 e. The average Bonchev–Trinajstić information content (AvgIpc) is 2.63. The summed E-state index contributed by atoms with van der Waals surface area (Å²) in [5, 5.41) is 12.9. The van der Waals surface area contributed by atoms with E-state index in [4.69, 9.17) is 4.74 Å². The first-order valence-electron chi connectivity index (χ1n) is 6.15. The van der Waals surface area contributed by atoms with Gasteiger partial charge in [0.1, 0.15) is 0 Å². The molecule has 1 aromatic heterocycles. The molecule has 0 aliphatic rings. The molecule has 0 saturated carbocycles. The Morgan fingerprint density at radius 3 is 2.76 bits per heavy atom. The molecule has 1 heterocycles. The molecule has 1 aromatic rings. The van der Waals surface area contributed by atoms with E-state index in [9.17, 15) is 5.11 Å². The second kappa shape index (κ2) is 7.48. The SMILES string of the molecule is CC(C)COCC(O)CNCc1ccn(C)c1. The Bertz CT molecular complexity index is 310. The van der Waals surface area contributed by atoms with E-state index in [0.717, 1.165) is 6.54 Å². The summed E-state index contributed by atoms with van der Waals surface area (Å²) in [6, 6.07) is 2.06. The molecule has 0 aromatic carbocycles. The molecule has 0 fully saturated rings. The van der Waals surface area contributed by atoms with Gasteiger partial charge in [-0.05, 0) is 17.5 Å². The molecule has 1 atom stereocenters. The van der Waals surface area contributed by atoms with Crippen molar-refractivity contribution in [1.82, 2.24) is 9.88 Å². The van der Waals surface area contributed by atoms with Gasteiger partial charge < -0.3 is 19.7 Å². The Balaban J connectivity index is 2.05. The number of aromatic nitrogens is 1. The van der Waals surface area contributed by atoms with Gasteiger partial charge in [0, 0.05) is 39.1 Å². The van der Waals surface area contributed by atoms with Crippen molar-refractivity contribution in [1.29, 1.82) is 0 Å². The van der Waals surface area contributed by atoms with Crippen LogP contribution in [0.4, 0.5) is 0 Å². The zero-order valence-corrected chi connectivity index (χ0v) is 11.0. The Labute approximate surface area is 104 Å². The third-order valence-corrected chi connectivity index (χ3v) is 2.36. The van der Waals surface area contributed by atoms with E-state index in [-0.39, 0.29) is 0 Å². The fraction of sp³-hybridized carbons (Fsp3) is 0.692. The van der Waals surface area contributed by atoms with Gasteiger partial charge in [0.25, 0.3) is 0 Å². The Morgan fingerprint density at radius 1 is 1.41 bits per heavy atom. The zero-order valence-electron chi connectivity index (χ0n) is 11.0. The minimum absolute atomic E-state index is 0.403. The van der Waals surface area contributed by atoms with Gasteiger partial charge in [-0.25, -0.2) is 0 Å². The molecule has 1 rings (SSSR count). The van der Waals surface area contributed by atoms with E-state index >= 15 is 0 Å². The number of aliphatic hydroxyl groups is 1. The Hall–Kier alpha value is -0.840. The lowest BCUT2D eigenvalue weighted by molar-refractivity contribution is 0.0260. The number of ether oxygens (including phenoxy) is 1. The predicted octanol–water partition coefficient (Wildman–Crippen LogP) is 1.15. The van der Waals surface area contributed by atoms with Crippen molar-refractivity contribution in [3.8, 4) is 0 Å². The molecular weight excluding hydrogens is 216 g/mol. The summed E-state index contributed by atoms with van der Waals surface area (Å²) >= 11 is 0. The summed E-state index contributed by atoms with van der Waals surface area (Å²) in [5.41, 5.74) is 1.22. The molecule has 0 saturated heterocycles. The molecule has 4 nitrogen and oxygen atoms in total. The maximum absolute atomic E-state index is 9.65. The van der Waals surface area contributed by atoms with Gasteiger partial charge >= 0.3 is 0 Å². The van der Waals surface area contributed by atoms with E-state index in [1.54, 1.807) is 0 Å². The van der Waals surface area contributed by atoms with Gasteiger partial charge in [-0.15, -0.1) is 0 Å². The first-order valence-corrected chi connectivity index (χ1v) is 6.15. The van der Waals surface area contributed by atoms with Crippen LogP contribution in [0.2, 0.25) is 0 Å². The van der Waals surface area contributed by atoms with Crippen LogP contribution in [0.15, 0.2) is 18.5 Å². The monoisotopic (exact) mass is 240 g/mol. The highest BCUT2D eigenvalue weighted by Gasteiger charge is 2.04. The van der Waals surface area contributed by atoms with Crippen molar-refractivity contribution in [2.24, 2.45) is 13.0 Å². The second-order valence-corrected chi connectivity index (χ2v) is 4.90. The Morgan fingerprint density at radius 2 is 2.18 bits per heavy atom. The van der Waals surface area contributed by atoms with Crippen molar-refractivity contribution < 1.29 is 9.84 Å². The van der Waals surface area contributed by atoms with Crippen molar-refractivity contribution in [2.45, 2.75) is 26.5 Å². The molecule has 98 valence electrons. The lowest BCUT2D eigenvalue weighted by atomic mass is 10.2. The summed E-state index contributed by atoms with van der Waals surface area (Å²) in [6.07, 6.45) is 3.64. The Kier molecular flexibility index (Phi) is 6.26. The van der Waals surface area contributed by atoms with Gasteiger partial charge in [0.15, 0.2) is 0 Å². The largest absolute Gasteiger partial charge is 0.389 e. The molecule has 0 amide bonds. The predicted molar refractivity (Wildman–Crippen MR) is 68.8 cm³/mol. The van der Waals surface area contributed by atoms with Gasteiger partial charge in [0.2, 0.25) is 0 Å². The second-order valence-electron chi connectivity index (χ2n) is 4.90. The summed E-state index contributed by atoms with van der Waals surface area (Å²) in [7, 11) is 2.00. The van der Waals surface area contributed by atoms with Crippen LogP contribution in [0, 0.1) is 5.92 Å². The van der Waals surface area contributed by atoms with Crippen molar-refractivity contribution in [3.05, 3.63) is 24.0 Å². The van der Waals surface area contributed by atoms with Gasteiger partial charge in [-0.2, -0.15) is 0 Å². The van der Waals surface area contributed by atoms with E-state index in [2.05, 4.69) is 31.4 Å². The molecule has 0 bridgehead atoms. The first kappa shape index (κ1) is 14.2. The van der Waals surface area contributed by atoms with Gasteiger partial charge in [-0.3, -0.25) is 0 Å². The topological polar surface area (TPSA) is 46.4 Å². The smallest absolute Gasteiger partial charge is 0.0897 e. The number of nitrogens with one attached hydrogen (secondary N) is 1. The molecule has 4 heteroatoms. The lowest BCUT2D eigenvalue weighted by Gasteiger charge is -2.13. The zero-order chi connectivity index (χ0) is 12.7. The number of rotatable bonds is 8. The van der Waals surface area contributed by atoms with Crippen LogP contribution >= 0.6 is 0 Å². The third kappa shape index (κ3) is 6.46. The summed E-state index contributed by atoms with van der Waals surface area (Å²) < 4.78 is 7.38. The maximum atomic E-state index is 9.65. The number of hydrogen-bond acceptors (Lipinski definition) is 3. The number of hydrogen-bond donors (Lipinski definition) is 2. The van der Waals surface area contributed by atoms with Crippen molar-refractivity contribution in [3.63, 3.8) is 0 Å². The molecular formula is C13H24N2O2. The molecule has 0 aliphatic heterocycles. The lowest BCUT2D eigenvalue weighted by Crippen LogP contribution is -2.30. The average molecular weight is 240 g/mol. The van der Waals surface area contributed by atoms with Gasteiger partial charge in [-0.1, -0.05) is 13.8 Å². The van der Waals surface area contributed by atoms with Gasteiger partial charge in [0.05, 0.1) is 12.7 Å². The normalized spacial score (nSPS) is 13.2. The molecule has 17 heavy (non-hydrogen) atoms. The van der Waals surface area contributed by atoms with Crippen LogP contribution in [0.3, 0.4) is 0 Å². The molecule has 0 radical (unpaired) electrons. The van der Waals surface area contributed by atoms with Crippen molar-refractivity contribution in [2.75, 3.05) is 19.8 Å². The van der Waals surface area contributed by atoms with Crippen LogP contribution in [0.1, 0.15) is 19.4 Å². The minimum Gasteiger partial charge on any atom is -0.389 e. The number of aryl methyl sites for hydroxylation is 1. The standard InChI is InChI=1S/C13H24N2O2/c1-11(2)9-17-10-13(16)7-14-6-12-4-5-15(3)8-12/h4-5,8,11,13-14,16H,6-7,9-10H2,1-3H3. The first-order chi connectivity index (χ1) is 8.08. The van der Waals surface area contributed by atoms with Crippen molar-refractivity contribution >= 4 is 0 Å². The summed E-state index contributed by atoms with van der Waals surface area (Å²) in [5.74, 6) is 0.513. The summed E-state index contributed by atoms with van der Waals surface area (Å²) in [4.78, 5) is 0. The van der Waals surface area contributed by atoms with E-state index in [1.807, 2.05) is 17.8 Å². The molecule has 0 spiro atoms. The van der Waals surface area contributed by atoms with Crippen LogP contribution in [-0.2, 0) is 18.3 Å². The molecule has 0 aliphatic carbocycles. The molecule has 1 unspecified atom stereocenters. The van der Waals surface area contributed by atoms with Crippen LogP contribution in [0.25, 0.3) is 0 Å². The van der Waals surface area contributed by atoms with Crippen LogP contribution in [-0.4, -0.2) is 35.5 Å². The highest BCUT2D eigenvalue weighted by molar-refractivity contribution is 5.09. The van der Waals surface area contributed by atoms with Crippen LogP contribution in [0.5, 0.6) is 0 Å². The fourth-order valence-electron chi connectivity index (χ4n) is 1.55.